The molecule has 0 unspecified atom stereocenters. The number of halogens is 1. The normalized spacial score (nSPS) is 8.73. The summed E-state index contributed by atoms with van der Waals surface area (Å²) in [5, 5.41) is 8.96. The molecule has 0 aliphatic rings. The topological polar surface area (TPSA) is 23.8 Å². The van der Waals surface area contributed by atoms with Crippen molar-refractivity contribution in [3.8, 4) is 6.07 Å². The number of hydrogen-bond donors (Lipinski definition) is 0. The molecule has 0 saturated carbocycles. The van der Waals surface area contributed by atoms with Gasteiger partial charge in [0.05, 0.1) is 11.6 Å². The highest BCUT2D eigenvalue weighted by molar-refractivity contribution is 6.48. The van der Waals surface area contributed by atoms with Crippen LogP contribution in [-0.2, 0) is 0 Å². The molecule has 2 heteroatoms. The van der Waals surface area contributed by atoms with Gasteiger partial charge in [-0.25, -0.2) is 0 Å². The van der Waals surface area contributed by atoms with Crippen LogP contribution in [0.25, 0.3) is 5.03 Å². The summed E-state index contributed by atoms with van der Waals surface area (Å²) >= 11 is 5.62. The van der Waals surface area contributed by atoms with E-state index >= 15 is 0 Å². The van der Waals surface area contributed by atoms with E-state index in [0.717, 1.165) is 5.56 Å². The molecule has 0 bridgehead atoms. The van der Waals surface area contributed by atoms with E-state index in [-0.39, 0.29) is 0 Å². The number of nitrogens with zero attached hydrogens (tertiary/aromatic N) is 1. The molecular formula is C9H6ClN. The highest BCUT2D eigenvalue weighted by Crippen LogP contribution is 2.15. The maximum Gasteiger partial charge on any atom is 0.0991 e. The van der Waals surface area contributed by atoms with Crippen LogP contribution < -0.4 is 0 Å². The van der Waals surface area contributed by atoms with Crippen LogP contribution in [0, 0.1) is 11.3 Å². The zero-order chi connectivity index (χ0) is 8.27. The van der Waals surface area contributed by atoms with Crippen molar-refractivity contribution in [1.82, 2.24) is 0 Å². The van der Waals surface area contributed by atoms with E-state index in [1.165, 1.54) is 0 Å². The van der Waals surface area contributed by atoms with Crippen LogP contribution >= 0.6 is 11.6 Å². The van der Waals surface area contributed by atoms with Crippen molar-refractivity contribution in [2.75, 3.05) is 0 Å². The van der Waals surface area contributed by atoms with Crippen LogP contribution in [0.3, 0.4) is 0 Å². The Balaban J connectivity index is 3.03. The fraction of sp³-hybridized carbons (Fsp3) is 0. The van der Waals surface area contributed by atoms with Crippen molar-refractivity contribution in [2.24, 2.45) is 0 Å². The van der Waals surface area contributed by atoms with Gasteiger partial charge in [0.1, 0.15) is 0 Å². The minimum Gasteiger partial charge on any atom is -0.192 e. The maximum absolute atomic E-state index is 8.46. The van der Waals surface area contributed by atoms with Crippen LogP contribution in [0.1, 0.15) is 11.1 Å². The van der Waals surface area contributed by atoms with Gasteiger partial charge in [-0.05, 0) is 17.7 Å². The lowest BCUT2D eigenvalue weighted by molar-refractivity contribution is 1.48. The van der Waals surface area contributed by atoms with Gasteiger partial charge in [-0.3, -0.25) is 0 Å². The molecule has 0 aliphatic heterocycles. The van der Waals surface area contributed by atoms with Crippen LogP contribution in [-0.4, -0.2) is 0 Å². The molecule has 0 aromatic heterocycles. The quantitative estimate of drug-likeness (QED) is 0.625. The largest absolute Gasteiger partial charge is 0.192 e. The Labute approximate surface area is 70.5 Å². The lowest BCUT2D eigenvalue weighted by atomic mass is 10.1. The highest BCUT2D eigenvalue weighted by Gasteiger charge is 1.93. The van der Waals surface area contributed by atoms with Crippen molar-refractivity contribution in [2.45, 2.75) is 0 Å². The Kier molecular flexibility index (Phi) is 2.30. The number of benzene rings is 1. The van der Waals surface area contributed by atoms with Gasteiger partial charge in [-0.1, -0.05) is 30.3 Å². The fourth-order valence-corrected chi connectivity index (χ4v) is 0.852. The van der Waals surface area contributed by atoms with E-state index in [4.69, 9.17) is 16.9 Å². The summed E-state index contributed by atoms with van der Waals surface area (Å²) in [7, 11) is 0. The standard InChI is InChI=1S/C9H6ClN/c1-7(10)9-4-2-8(6-11)3-5-9/h2-5H,1H2. The lowest BCUT2D eigenvalue weighted by Crippen LogP contribution is -1.76. The van der Waals surface area contributed by atoms with E-state index in [9.17, 15) is 0 Å². The summed E-state index contributed by atoms with van der Waals surface area (Å²) in [5.74, 6) is 0. The molecule has 1 rings (SSSR count). The molecule has 1 nitrogen and oxygen atoms in total. The minimum absolute atomic E-state index is 0.495. The van der Waals surface area contributed by atoms with Gasteiger partial charge in [0.25, 0.3) is 0 Å². The molecule has 54 valence electrons. The Morgan fingerprint density at radius 1 is 1.36 bits per heavy atom. The first-order chi connectivity index (χ1) is 5.24. The molecule has 0 radical (unpaired) electrons. The van der Waals surface area contributed by atoms with E-state index < -0.39 is 0 Å². The van der Waals surface area contributed by atoms with Crippen molar-refractivity contribution in [3.05, 3.63) is 42.0 Å². The molecule has 0 saturated heterocycles. The second-order valence-electron chi connectivity index (χ2n) is 2.09. The fourth-order valence-electron chi connectivity index (χ4n) is 0.726. The van der Waals surface area contributed by atoms with E-state index in [1.54, 1.807) is 24.3 Å². The number of nitriles is 1. The summed E-state index contributed by atoms with van der Waals surface area (Å²) in [5.41, 5.74) is 1.48. The highest BCUT2D eigenvalue weighted by atomic mass is 35.5. The molecule has 0 heterocycles. The third-order valence-electron chi connectivity index (χ3n) is 1.33. The third-order valence-corrected chi connectivity index (χ3v) is 1.55. The van der Waals surface area contributed by atoms with Crippen LogP contribution in [0.5, 0.6) is 0 Å². The summed E-state index contributed by atoms with van der Waals surface area (Å²) < 4.78 is 0. The van der Waals surface area contributed by atoms with Crippen molar-refractivity contribution in [3.63, 3.8) is 0 Å². The van der Waals surface area contributed by atoms with Crippen molar-refractivity contribution < 1.29 is 0 Å². The van der Waals surface area contributed by atoms with Gasteiger partial charge in [-0.15, -0.1) is 0 Å². The number of rotatable bonds is 1. The van der Waals surface area contributed by atoms with Gasteiger partial charge in [0.15, 0.2) is 0 Å². The predicted molar refractivity (Wildman–Crippen MR) is 46.0 cm³/mol. The molecular weight excluding hydrogens is 158 g/mol. The Hall–Kier alpha value is -1.26. The average molecular weight is 164 g/mol. The smallest absolute Gasteiger partial charge is 0.0991 e. The summed E-state index contributed by atoms with van der Waals surface area (Å²) in [4.78, 5) is 0. The maximum atomic E-state index is 8.46. The molecule has 0 spiro atoms. The summed E-state index contributed by atoms with van der Waals surface area (Å²) in [6, 6.07) is 8.99. The van der Waals surface area contributed by atoms with Gasteiger partial charge in [-0.2, -0.15) is 5.26 Å². The Bertz CT molecular complexity index is 305. The van der Waals surface area contributed by atoms with E-state index in [2.05, 4.69) is 6.58 Å². The summed E-state index contributed by atoms with van der Waals surface area (Å²) in [6.45, 7) is 3.56. The minimum atomic E-state index is 0.495. The number of hydrogen-bond acceptors (Lipinski definition) is 1. The molecule has 1 aromatic rings. The van der Waals surface area contributed by atoms with Gasteiger partial charge < -0.3 is 0 Å². The van der Waals surface area contributed by atoms with Gasteiger partial charge >= 0.3 is 0 Å². The van der Waals surface area contributed by atoms with E-state index in [0.29, 0.717) is 10.6 Å². The van der Waals surface area contributed by atoms with Gasteiger partial charge in [0.2, 0.25) is 0 Å². The molecule has 0 aliphatic carbocycles. The summed E-state index contributed by atoms with van der Waals surface area (Å²) in [6.07, 6.45) is 0. The van der Waals surface area contributed by atoms with Crippen molar-refractivity contribution in [1.29, 1.82) is 5.26 Å². The second kappa shape index (κ2) is 3.23. The lowest BCUT2D eigenvalue weighted by Gasteiger charge is -1.95. The zero-order valence-electron chi connectivity index (χ0n) is 5.84. The van der Waals surface area contributed by atoms with Crippen LogP contribution in [0.2, 0.25) is 0 Å². The SMILES string of the molecule is C=C(Cl)c1ccc(C#N)cc1. The zero-order valence-corrected chi connectivity index (χ0v) is 6.60. The molecule has 0 amide bonds. The van der Waals surface area contributed by atoms with Crippen LogP contribution in [0.15, 0.2) is 30.8 Å². The Morgan fingerprint density at radius 3 is 2.27 bits per heavy atom. The average Bonchev–Trinajstić information content (AvgIpc) is 2.05. The molecule has 0 atom stereocenters. The first-order valence-corrected chi connectivity index (χ1v) is 3.47. The molecule has 0 fully saturated rings. The molecule has 0 N–H and O–H groups in total. The van der Waals surface area contributed by atoms with Gasteiger partial charge in [0, 0.05) is 5.03 Å². The Morgan fingerprint density at radius 2 is 1.91 bits per heavy atom. The van der Waals surface area contributed by atoms with E-state index in [1.807, 2.05) is 6.07 Å². The first kappa shape index (κ1) is 7.84. The first-order valence-electron chi connectivity index (χ1n) is 3.09. The van der Waals surface area contributed by atoms with Crippen LogP contribution in [0.4, 0.5) is 0 Å². The molecule has 1 aromatic carbocycles. The second-order valence-corrected chi connectivity index (χ2v) is 2.55. The third kappa shape index (κ3) is 1.83. The predicted octanol–water partition coefficient (Wildman–Crippen LogP) is 2.77. The van der Waals surface area contributed by atoms with Crippen molar-refractivity contribution >= 4 is 16.6 Å². The molecule has 11 heavy (non-hydrogen) atoms. The monoisotopic (exact) mass is 163 g/mol.